The van der Waals surface area contributed by atoms with Crippen LogP contribution in [0.5, 0.6) is 0 Å². The van der Waals surface area contributed by atoms with E-state index in [0.29, 0.717) is 0 Å². The fourth-order valence-corrected chi connectivity index (χ4v) is 6.68. The molecule has 1 aromatic heterocycles. The molecule has 3 aliphatic rings. The maximum Gasteiger partial charge on any atom is 0.150 e. The lowest BCUT2D eigenvalue weighted by atomic mass is 9.73. The highest BCUT2D eigenvalue weighted by molar-refractivity contribution is 7.99. The van der Waals surface area contributed by atoms with Gasteiger partial charge in [-0.15, -0.1) is 11.8 Å². The number of nitrogens with zero attached hydrogens (tertiary/aromatic N) is 3. The number of piperidine rings is 1. The van der Waals surface area contributed by atoms with E-state index in [1.807, 2.05) is 18.0 Å². The van der Waals surface area contributed by atoms with Crippen LogP contribution < -0.4 is 10.6 Å². The third-order valence-corrected chi connectivity index (χ3v) is 8.38. The van der Waals surface area contributed by atoms with Gasteiger partial charge in [-0.05, 0) is 55.6 Å². The molecule has 2 fully saturated rings. The number of aromatic nitrogens is 2. The van der Waals surface area contributed by atoms with E-state index in [0.717, 1.165) is 54.1 Å². The van der Waals surface area contributed by atoms with E-state index in [9.17, 15) is 0 Å². The number of nitrogens with two attached hydrogens (primary N) is 1. The van der Waals surface area contributed by atoms with E-state index < -0.39 is 0 Å². The van der Waals surface area contributed by atoms with Crippen LogP contribution in [0.3, 0.4) is 0 Å². The van der Waals surface area contributed by atoms with Crippen molar-refractivity contribution < 1.29 is 0 Å². The van der Waals surface area contributed by atoms with Crippen molar-refractivity contribution in [3.8, 4) is 0 Å². The molecule has 1 spiro atoms. The van der Waals surface area contributed by atoms with Crippen molar-refractivity contribution in [2.45, 2.75) is 75.6 Å². The van der Waals surface area contributed by atoms with E-state index in [4.69, 9.17) is 15.7 Å². The van der Waals surface area contributed by atoms with Crippen LogP contribution >= 0.6 is 11.8 Å². The third kappa shape index (κ3) is 3.79. The Morgan fingerprint density at radius 2 is 1.86 bits per heavy atom. The van der Waals surface area contributed by atoms with Gasteiger partial charge in [-0.25, -0.2) is 9.97 Å². The average Bonchev–Trinajstić information content (AvgIpc) is 3.30. The monoisotopic (exact) mass is 410 g/mol. The first-order valence-electron chi connectivity index (χ1n) is 10.7. The van der Waals surface area contributed by atoms with E-state index in [1.165, 1.54) is 36.8 Å². The molecule has 29 heavy (non-hydrogen) atoms. The molecule has 1 atom stereocenters. The number of thioether (sulfide) groups is 1. The van der Waals surface area contributed by atoms with Gasteiger partial charge in [0.15, 0.2) is 0 Å². The number of aryl methyl sites for hydroxylation is 1. The molecule has 4 nitrogen and oxygen atoms in total. The summed E-state index contributed by atoms with van der Waals surface area (Å²) in [6, 6.07) is 8.91. The van der Waals surface area contributed by atoms with Gasteiger partial charge in [0.05, 0.1) is 11.9 Å². The van der Waals surface area contributed by atoms with Crippen molar-refractivity contribution in [1.82, 2.24) is 9.97 Å². The first-order valence-corrected chi connectivity index (χ1v) is 11.6. The van der Waals surface area contributed by atoms with E-state index in [-0.39, 0.29) is 18.9 Å². The minimum atomic E-state index is 0. The zero-order chi connectivity index (χ0) is 19.1. The molecule has 1 aliphatic heterocycles. The molecular formula is C24H34N4S. The van der Waals surface area contributed by atoms with Crippen LogP contribution in [0.25, 0.3) is 0 Å². The SMILES string of the molecule is C.Cc1nc(SC2CCCC2)cnc1N1CCC2(CC1)Cc1ccccc1[C@H]2N. The van der Waals surface area contributed by atoms with Gasteiger partial charge in [0.25, 0.3) is 0 Å². The molecule has 2 aliphatic carbocycles. The van der Waals surface area contributed by atoms with E-state index in [1.54, 1.807) is 0 Å². The van der Waals surface area contributed by atoms with Crippen LogP contribution in [0.2, 0.25) is 0 Å². The Morgan fingerprint density at radius 1 is 1.14 bits per heavy atom. The van der Waals surface area contributed by atoms with Gasteiger partial charge in [-0.3, -0.25) is 0 Å². The van der Waals surface area contributed by atoms with Crippen molar-refractivity contribution in [2.75, 3.05) is 18.0 Å². The van der Waals surface area contributed by atoms with E-state index in [2.05, 4.69) is 36.1 Å². The van der Waals surface area contributed by atoms with Crippen LogP contribution in [0, 0.1) is 12.3 Å². The predicted molar refractivity (Wildman–Crippen MR) is 123 cm³/mol. The van der Waals surface area contributed by atoms with Gasteiger partial charge < -0.3 is 10.6 Å². The molecule has 0 bridgehead atoms. The molecule has 2 N–H and O–H groups in total. The quantitative estimate of drug-likeness (QED) is 0.744. The highest BCUT2D eigenvalue weighted by atomic mass is 32.2. The second-order valence-electron chi connectivity index (χ2n) is 8.84. The fourth-order valence-electron chi connectivity index (χ4n) is 5.47. The van der Waals surface area contributed by atoms with Crippen molar-refractivity contribution in [3.05, 3.63) is 47.3 Å². The lowest BCUT2D eigenvalue weighted by Gasteiger charge is -2.42. The summed E-state index contributed by atoms with van der Waals surface area (Å²) in [5, 5.41) is 1.83. The number of anilines is 1. The van der Waals surface area contributed by atoms with Gasteiger partial charge in [-0.1, -0.05) is 44.5 Å². The average molecular weight is 411 g/mol. The number of hydrogen-bond acceptors (Lipinski definition) is 5. The standard InChI is InChI=1S/C23H30N4S.CH4/c1-16-22(25-15-20(26-16)28-18-7-3-4-8-18)27-12-10-23(11-13-27)14-17-6-2-5-9-19(17)21(23)24;/h2,5-6,9,15,18,21H,3-4,7-8,10-14,24H2,1H3;1H4/t21-;/m1./s1. The lowest BCUT2D eigenvalue weighted by molar-refractivity contribution is 0.187. The molecule has 0 radical (unpaired) electrons. The first kappa shape index (κ1) is 20.7. The van der Waals surface area contributed by atoms with Gasteiger partial charge in [0.1, 0.15) is 10.8 Å². The summed E-state index contributed by atoms with van der Waals surface area (Å²) in [4.78, 5) is 12.1. The molecule has 0 unspecified atom stereocenters. The van der Waals surface area contributed by atoms with Crippen LogP contribution in [0.1, 0.15) is 68.8 Å². The smallest absolute Gasteiger partial charge is 0.150 e. The molecule has 156 valence electrons. The second-order valence-corrected chi connectivity index (χ2v) is 10.2. The fraction of sp³-hybridized carbons (Fsp3) is 0.583. The summed E-state index contributed by atoms with van der Waals surface area (Å²) in [6.07, 6.45) is 10.7. The largest absolute Gasteiger partial charge is 0.355 e. The molecule has 0 amide bonds. The maximum absolute atomic E-state index is 6.72. The highest BCUT2D eigenvalue weighted by Crippen LogP contribution is 2.51. The summed E-state index contributed by atoms with van der Waals surface area (Å²) in [5.41, 5.74) is 10.8. The minimum absolute atomic E-state index is 0. The molecule has 2 heterocycles. The van der Waals surface area contributed by atoms with Crippen LogP contribution in [-0.4, -0.2) is 28.3 Å². The molecule has 5 heteroatoms. The topological polar surface area (TPSA) is 55.0 Å². The lowest BCUT2D eigenvalue weighted by Crippen LogP contribution is -2.44. The summed E-state index contributed by atoms with van der Waals surface area (Å²) in [6.45, 7) is 4.15. The predicted octanol–water partition coefficient (Wildman–Crippen LogP) is 5.30. The minimum Gasteiger partial charge on any atom is -0.355 e. The van der Waals surface area contributed by atoms with Gasteiger partial charge in [0, 0.05) is 24.4 Å². The summed E-state index contributed by atoms with van der Waals surface area (Å²) in [7, 11) is 0. The molecule has 1 saturated heterocycles. The Kier molecular flexibility index (Phi) is 5.90. The molecule has 1 saturated carbocycles. The van der Waals surface area contributed by atoms with Crippen molar-refractivity contribution >= 4 is 17.6 Å². The number of hydrogen-bond donors (Lipinski definition) is 1. The van der Waals surface area contributed by atoms with Gasteiger partial charge >= 0.3 is 0 Å². The zero-order valence-corrected chi connectivity index (χ0v) is 17.5. The Hall–Kier alpha value is -1.59. The maximum atomic E-state index is 6.72. The normalized spacial score (nSPS) is 23.2. The molecule has 2 aromatic rings. The van der Waals surface area contributed by atoms with E-state index >= 15 is 0 Å². The second kappa shape index (κ2) is 8.27. The Balaban J connectivity index is 0.00000205. The summed E-state index contributed by atoms with van der Waals surface area (Å²) >= 11 is 1.92. The van der Waals surface area contributed by atoms with Crippen LogP contribution in [0.4, 0.5) is 5.82 Å². The number of rotatable bonds is 3. The highest BCUT2D eigenvalue weighted by Gasteiger charge is 2.46. The van der Waals surface area contributed by atoms with Gasteiger partial charge in [-0.2, -0.15) is 0 Å². The first-order chi connectivity index (χ1) is 13.6. The molecular weight excluding hydrogens is 376 g/mol. The number of benzene rings is 1. The number of fused-ring (bicyclic) bond motifs is 1. The van der Waals surface area contributed by atoms with Crippen molar-refractivity contribution in [3.63, 3.8) is 0 Å². The Labute approximate surface area is 179 Å². The molecule has 1 aromatic carbocycles. The van der Waals surface area contributed by atoms with Crippen molar-refractivity contribution in [1.29, 1.82) is 0 Å². The third-order valence-electron chi connectivity index (χ3n) is 7.14. The summed E-state index contributed by atoms with van der Waals surface area (Å²) < 4.78 is 0. The van der Waals surface area contributed by atoms with Crippen molar-refractivity contribution in [2.24, 2.45) is 11.1 Å². The van der Waals surface area contributed by atoms with Crippen LogP contribution in [0.15, 0.2) is 35.5 Å². The zero-order valence-electron chi connectivity index (χ0n) is 16.7. The Morgan fingerprint density at radius 3 is 2.55 bits per heavy atom. The molecule has 5 rings (SSSR count). The van der Waals surface area contributed by atoms with Crippen LogP contribution in [-0.2, 0) is 6.42 Å². The summed E-state index contributed by atoms with van der Waals surface area (Å²) in [5.74, 6) is 1.06. The van der Waals surface area contributed by atoms with Gasteiger partial charge in [0.2, 0.25) is 0 Å². The Bertz CT molecular complexity index is 854.